The fraction of sp³-hybridized carbons (Fsp3) is 0.391. The van der Waals surface area contributed by atoms with Crippen molar-refractivity contribution in [2.45, 2.75) is 45.8 Å². The molecule has 2 aliphatic heterocycles. The molecule has 1 saturated heterocycles. The number of hydrogen-bond acceptors (Lipinski definition) is 6. The molecular weight excluding hydrogens is 420 g/mol. The van der Waals surface area contributed by atoms with Crippen molar-refractivity contribution < 1.29 is 9.59 Å². The first-order chi connectivity index (χ1) is 16.0. The van der Waals surface area contributed by atoms with Crippen molar-refractivity contribution >= 4 is 17.8 Å². The van der Waals surface area contributed by atoms with Gasteiger partial charge < -0.3 is 19.7 Å². The van der Waals surface area contributed by atoms with Gasteiger partial charge in [-0.2, -0.15) is 0 Å². The Kier molecular flexibility index (Phi) is 5.49. The highest BCUT2D eigenvalue weighted by molar-refractivity contribution is 6.02. The van der Waals surface area contributed by atoms with Crippen molar-refractivity contribution in [1.29, 1.82) is 0 Å². The zero-order chi connectivity index (χ0) is 22.9. The van der Waals surface area contributed by atoms with Crippen molar-refractivity contribution in [2.24, 2.45) is 0 Å². The SMILES string of the molecule is CC(C)n1cnnc1-c1cccc(NC(=O)c2cc3c(cn2)CN(C(=O)N2CCCC2)C3)n1. The second-order valence-corrected chi connectivity index (χ2v) is 8.69. The number of urea groups is 1. The lowest BCUT2D eigenvalue weighted by Crippen LogP contribution is -2.38. The molecule has 5 heterocycles. The molecule has 0 bridgehead atoms. The van der Waals surface area contributed by atoms with Crippen LogP contribution in [0.5, 0.6) is 0 Å². The van der Waals surface area contributed by atoms with Crippen LogP contribution in [0.25, 0.3) is 11.5 Å². The number of amides is 3. The number of aromatic nitrogens is 5. The Morgan fingerprint density at radius 3 is 2.64 bits per heavy atom. The van der Waals surface area contributed by atoms with Crippen LogP contribution < -0.4 is 5.32 Å². The summed E-state index contributed by atoms with van der Waals surface area (Å²) in [5.74, 6) is 0.695. The highest BCUT2D eigenvalue weighted by Crippen LogP contribution is 2.25. The molecule has 33 heavy (non-hydrogen) atoms. The van der Waals surface area contributed by atoms with E-state index in [1.807, 2.05) is 40.3 Å². The number of hydrogen-bond donors (Lipinski definition) is 1. The van der Waals surface area contributed by atoms with Crippen molar-refractivity contribution in [3.8, 4) is 11.5 Å². The van der Waals surface area contributed by atoms with E-state index in [-0.39, 0.29) is 18.0 Å². The zero-order valence-electron chi connectivity index (χ0n) is 18.7. The number of pyridine rings is 2. The van der Waals surface area contributed by atoms with Crippen molar-refractivity contribution in [2.75, 3.05) is 18.4 Å². The molecule has 2 aliphatic rings. The summed E-state index contributed by atoms with van der Waals surface area (Å²) in [6.07, 6.45) is 5.47. The molecule has 5 rings (SSSR count). The molecule has 0 aromatic carbocycles. The van der Waals surface area contributed by atoms with Crippen LogP contribution in [0.1, 0.15) is 54.3 Å². The summed E-state index contributed by atoms with van der Waals surface area (Å²) < 4.78 is 1.92. The van der Waals surface area contributed by atoms with Crippen LogP contribution >= 0.6 is 0 Å². The van der Waals surface area contributed by atoms with Crippen LogP contribution in [0.4, 0.5) is 10.6 Å². The van der Waals surface area contributed by atoms with Gasteiger partial charge in [-0.3, -0.25) is 9.78 Å². The molecule has 3 aromatic rings. The lowest BCUT2D eigenvalue weighted by Gasteiger charge is -2.23. The predicted molar refractivity (Wildman–Crippen MR) is 121 cm³/mol. The molecule has 170 valence electrons. The molecule has 0 unspecified atom stereocenters. The average Bonchev–Trinajstić information content (AvgIpc) is 3.58. The van der Waals surface area contributed by atoms with Crippen molar-refractivity contribution in [1.82, 2.24) is 34.5 Å². The van der Waals surface area contributed by atoms with Crippen LogP contribution in [0.2, 0.25) is 0 Å². The molecule has 10 heteroatoms. The first-order valence-corrected chi connectivity index (χ1v) is 11.2. The monoisotopic (exact) mass is 446 g/mol. The normalized spacial score (nSPS) is 15.2. The standard InChI is InChI=1S/C23H26N8O2/c1-15(2)31-14-25-28-21(31)18-6-5-7-20(26-18)27-22(32)19-10-16-12-30(13-17(16)11-24-19)23(33)29-8-3-4-9-29/h5-7,10-11,14-15H,3-4,8-9,12-13H2,1-2H3,(H,26,27,32). The summed E-state index contributed by atoms with van der Waals surface area (Å²) in [5.41, 5.74) is 2.85. The zero-order valence-corrected chi connectivity index (χ0v) is 18.7. The Bertz CT molecular complexity index is 1200. The van der Waals surface area contributed by atoms with Gasteiger partial charge in [0, 0.05) is 38.4 Å². The molecule has 1 fully saturated rings. The quantitative estimate of drug-likeness (QED) is 0.660. The number of nitrogens with one attached hydrogen (secondary N) is 1. The Morgan fingerprint density at radius 2 is 1.85 bits per heavy atom. The van der Waals surface area contributed by atoms with Gasteiger partial charge in [0.15, 0.2) is 5.82 Å². The smallest absolute Gasteiger partial charge is 0.320 e. The van der Waals surface area contributed by atoms with E-state index in [4.69, 9.17) is 0 Å². The maximum absolute atomic E-state index is 12.9. The van der Waals surface area contributed by atoms with Gasteiger partial charge in [0.1, 0.15) is 23.5 Å². The summed E-state index contributed by atoms with van der Waals surface area (Å²) in [4.78, 5) is 38.2. The van der Waals surface area contributed by atoms with Gasteiger partial charge in [-0.1, -0.05) is 6.07 Å². The molecule has 0 radical (unpaired) electrons. The third-order valence-electron chi connectivity index (χ3n) is 6.03. The second kappa shape index (κ2) is 8.61. The Morgan fingerprint density at radius 1 is 1.06 bits per heavy atom. The lowest BCUT2D eigenvalue weighted by atomic mass is 10.1. The van der Waals surface area contributed by atoms with Crippen LogP contribution in [0.3, 0.4) is 0 Å². The third kappa shape index (κ3) is 4.15. The highest BCUT2D eigenvalue weighted by Gasteiger charge is 2.29. The maximum Gasteiger partial charge on any atom is 0.320 e. The van der Waals surface area contributed by atoms with Crippen LogP contribution in [0, 0.1) is 0 Å². The Hall–Kier alpha value is -3.82. The van der Waals surface area contributed by atoms with Gasteiger partial charge in [-0.05, 0) is 56.0 Å². The predicted octanol–water partition coefficient (Wildman–Crippen LogP) is 3.10. The first-order valence-electron chi connectivity index (χ1n) is 11.2. The highest BCUT2D eigenvalue weighted by atomic mass is 16.2. The van der Waals surface area contributed by atoms with Crippen LogP contribution in [-0.4, -0.2) is 59.6 Å². The fourth-order valence-corrected chi connectivity index (χ4v) is 4.26. The second-order valence-electron chi connectivity index (χ2n) is 8.69. The van der Waals surface area contributed by atoms with Gasteiger partial charge in [0.05, 0.1) is 0 Å². The van der Waals surface area contributed by atoms with E-state index in [0.29, 0.717) is 36.1 Å². The minimum atomic E-state index is -0.350. The molecule has 0 atom stereocenters. The largest absolute Gasteiger partial charge is 0.325 e. The van der Waals surface area contributed by atoms with Gasteiger partial charge >= 0.3 is 6.03 Å². The van der Waals surface area contributed by atoms with Gasteiger partial charge in [-0.25, -0.2) is 9.78 Å². The molecule has 1 N–H and O–H groups in total. The third-order valence-corrected chi connectivity index (χ3v) is 6.03. The van der Waals surface area contributed by atoms with Crippen LogP contribution in [-0.2, 0) is 13.1 Å². The topological polar surface area (TPSA) is 109 Å². The first kappa shape index (κ1) is 21.0. The maximum atomic E-state index is 12.9. The van der Waals surface area contributed by atoms with Gasteiger partial charge in [0.2, 0.25) is 0 Å². The van der Waals surface area contributed by atoms with Gasteiger partial charge in [-0.15, -0.1) is 10.2 Å². The number of rotatable bonds is 4. The summed E-state index contributed by atoms with van der Waals surface area (Å²) in [5, 5.41) is 11.0. The molecule has 3 aromatic heterocycles. The lowest BCUT2D eigenvalue weighted by molar-refractivity contribution is 0.102. The van der Waals surface area contributed by atoms with E-state index in [1.54, 1.807) is 24.7 Å². The van der Waals surface area contributed by atoms with E-state index in [0.717, 1.165) is 37.1 Å². The van der Waals surface area contributed by atoms with E-state index in [2.05, 4.69) is 25.5 Å². The Labute approximate surface area is 191 Å². The summed E-state index contributed by atoms with van der Waals surface area (Å²) in [6.45, 7) is 6.73. The molecule has 3 amide bonds. The minimum absolute atomic E-state index is 0.0602. The Balaban J connectivity index is 1.29. The fourth-order valence-electron chi connectivity index (χ4n) is 4.26. The summed E-state index contributed by atoms with van der Waals surface area (Å²) in [7, 11) is 0. The molecule has 0 spiro atoms. The van der Waals surface area contributed by atoms with E-state index >= 15 is 0 Å². The number of carbonyl (C=O) groups is 2. The van der Waals surface area contributed by atoms with Crippen molar-refractivity contribution in [3.05, 3.63) is 53.6 Å². The van der Waals surface area contributed by atoms with Crippen molar-refractivity contribution in [3.63, 3.8) is 0 Å². The van der Waals surface area contributed by atoms with E-state index in [9.17, 15) is 9.59 Å². The minimum Gasteiger partial charge on any atom is -0.325 e. The summed E-state index contributed by atoms with van der Waals surface area (Å²) in [6, 6.07) is 7.38. The number of anilines is 1. The van der Waals surface area contributed by atoms with E-state index in [1.165, 1.54) is 0 Å². The number of likely N-dealkylation sites (tertiary alicyclic amines) is 1. The summed E-state index contributed by atoms with van der Waals surface area (Å²) >= 11 is 0. The molecule has 0 aliphatic carbocycles. The van der Waals surface area contributed by atoms with E-state index < -0.39 is 0 Å². The molecular formula is C23H26N8O2. The number of fused-ring (bicyclic) bond motifs is 1. The molecule has 0 saturated carbocycles. The van der Waals surface area contributed by atoms with Crippen LogP contribution in [0.15, 0.2) is 36.8 Å². The average molecular weight is 447 g/mol. The van der Waals surface area contributed by atoms with Gasteiger partial charge in [0.25, 0.3) is 5.91 Å². The molecule has 10 nitrogen and oxygen atoms in total. The number of nitrogens with zero attached hydrogens (tertiary/aromatic N) is 7. The number of carbonyl (C=O) groups excluding carboxylic acids is 2.